The lowest BCUT2D eigenvalue weighted by molar-refractivity contribution is -0.120. The van der Waals surface area contributed by atoms with Crippen molar-refractivity contribution < 1.29 is 14.3 Å². The molecule has 182 valence electrons. The molecular weight excluding hydrogens is 452 g/mol. The summed E-state index contributed by atoms with van der Waals surface area (Å²) in [5.74, 6) is 1.69. The van der Waals surface area contributed by atoms with Gasteiger partial charge in [0.1, 0.15) is 11.6 Å². The predicted molar refractivity (Wildman–Crippen MR) is 134 cm³/mol. The van der Waals surface area contributed by atoms with Crippen molar-refractivity contribution in [2.45, 2.75) is 44.1 Å². The van der Waals surface area contributed by atoms with E-state index in [2.05, 4.69) is 29.2 Å². The maximum Gasteiger partial charge on any atom is 0.224 e. The molecule has 3 aromatic rings. The monoisotopic (exact) mass is 484 g/mol. The van der Waals surface area contributed by atoms with E-state index in [1.165, 1.54) is 0 Å². The third-order valence-corrected chi connectivity index (χ3v) is 6.22. The van der Waals surface area contributed by atoms with Crippen molar-refractivity contribution in [2.24, 2.45) is 0 Å². The van der Waals surface area contributed by atoms with Crippen molar-refractivity contribution in [1.29, 1.82) is 0 Å². The van der Waals surface area contributed by atoms with Crippen LogP contribution in [0.4, 0.5) is 5.82 Å². The van der Waals surface area contributed by atoms with Crippen LogP contribution in [0.1, 0.15) is 26.3 Å². The van der Waals surface area contributed by atoms with Crippen LogP contribution in [-0.4, -0.2) is 70.4 Å². The summed E-state index contributed by atoms with van der Waals surface area (Å²) in [6.07, 6.45) is 2.15. The number of benzene rings is 1. The number of aromatic nitrogens is 4. The van der Waals surface area contributed by atoms with E-state index in [0.717, 1.165) is 46.4 Å². The average Bonchev–Trinajstić information content (AvgIpc) is 3.23. The highest BCUT2D eigenvalue weighted by Gasteiger charge is 2.20. The summed E-state index contributed by atoms with van der Waals surface area (Å²) in [5.41, 5.74) is 1.74. The van der Waals surface area contributed by atoms with Crippen LogP contribution in [-0.2, 0) is 22.5 Å². The number of nitrogens with one attached hydrogen (secondary N) is 1. The maximum absolute atomic E-state index is 12.4. The molecule has 0 aliphatic carbocycles. The fraction of sp³-hybridized carbons (Fsp3) is 0.500. The van der Waals surface area contributed by atoms with E-state index in [4.69, 9.17) is 19.4 Å². The molecule has 0 unspecified atom stereocenters. The molecule has 1 aliphatic heterocycles. The number of thioether (sulfide) groups is 1. The number of ether oxygens (including phenoxy) is 2. The van der Waals surface area contributed by atoms with Crippen LogP contribution in [0.3, 0.4) is 0 Å². The van der Waals surface area contributed by atoms with Crippen molar-refractivity contribution in [3.8, 4) is 5.75 Å². The lowest BCUT2D eigenvalue weighted by Gasteiger charge is -2.28. The summed E-state index contributed by atoms with van der Waals surface area (Å²) in [5, 5.41) is 9.59. The second-order valence-electron chi connectivity index (χ2n) is 8.30. The molecule has 1 aromatic carbocycles. The van der Waals surface area contributed by atoms with E-state index in [9.17, 15) is 4.79 Å². The number of carbonyl (C=O) groups excluding carboxylic acids is 1. The molecule has 2 aromatic heterocycles. The van der Waals surface area contributed by atoms with Gasteiger partial charge in [-0.2, -0.15) is 5.10 Å². The van der Waals surface area contributed by atoms with Gasteiger partial charge in [0.2, 0.25) is 5.91 Å². The molecule has 1 saturated heterocycles. The molecule has 0 atom stereocenters. The normalized spacial score (nSPS) is 14.1. The summed E-state index contributed by atoms with van der Waals surface area (Å²) in [6.45, 7) is 10.8. The molecule has 0 bridgehead atoms. The number of hydrogen-bond acceptors (Lipinski definition) is 8. The van der Waals surface area contributed by atoms with Crippen LogP contribution in [0.25, 0.3) is 11.0 Å². The van der Waals surface area contributed by atoms with Crippen LogP contribution in [0, 0.1) is 0 Å². The Kier molecular flexibility index (Phi) is 8.23. The van der Waals surface area contributed by atoms with Gasteiger partial charge in [0.15, 0.2) is 10.8 Å². The second kappa shape index (κ2) is 11.5. The highest BCUT2D eigenvalue weighted by atomic mass is 32.2. The Labute approximate surface area is 204 Å². The fourth-order valence-corrected chi connectivity index (χ4v) is 4.48. The molecule has 9 nitrogen and oxygen atoms in total. The molecule has 34 heavy (non-hydrogen) atoms. The smallest absolute Gasteiger partial charge is 0.224 e. The quantitative estimate of drug-likeness (QED) is 0.347. The molecule has 1 fully saturated rings. The van der Waals surface area contributed by atoms with E-state index in [1.807, 2.05) is 42.1 Å². The molecular formula is C24H32N6O3S. The first-order valence-electron chi connectivity index (χ1n) is 11.7. The number of morpholine rings is 1. The lowest BCUT2D eigenvalue weighted by Crippen LogP contribution is -2.37. The van der Waals surface area contributed by atoms with E-state index < -0.39 is 0 Å². The Morgan fingerprint density at radius 1 is 1.21 bits per heavy atom. The highest BCUT2D eigenvalue weighted by molar-refractivity contribution is 7.99. The van der Waals surface area contributed by atoms with E-state index in [1.54, 1.807) is 11.8 Å². The zero-order chi connectivity index (χ0) is 23.9. The van der Waals surface area contributed by atoms with Crippen molar-refractivity contribution in [2.75, 3.05) is 44.4 Å². The molecule has 0 radical (unpaired) electrons. The molecule has 0 spiro atoms. The number of rotatable bonds is 10. The number of nitrogens with zero attached hydrogens (tertiary/aromatic N) is 5. The number of carbonyl (C=O) groups is 1. The van der Waals surface area contributed by atoms with Crippen molar-refractivity contribution >= 4 is 34.5 Å². The largest absolute Gasteiger partial charge is 0.494 e. The first-order chi connectivity index (χ1) is 16.5. The second-order valence-corrected chi connectivity index (χ2v) is 9.85. The summed E-state index contributed by atoms with van der Waals surface area (Å²) in [4.78, 5) is 24.3. The van der Waals surface area contributed by atoms with Gasteiger partial charge in [-0.05, 0) is 24.6 Å². The van der Waals surface area contributed by atoms with Gasteiger partial charge in [0.25, 0.3) is 0 Å². The van der Waals surface area contributed by atoms with Gasteiger partial charge >= 0.3 is 0 Å². The van der Waals surface area contributed by atoms with E-state index >= 15 is 0 Å². The van der Waals surface area contributed by atoms with Crippen LogP contribution >= 0.6 is 11.8 Å². The molecule has 3 heterocycles. The standard InChI is InChI=1S/C24H32N6O3S/c1-4-33-19-7-5-18(6-8-19)15-21(31)25-9-10-30-23-20(16-26-30)22(29-11-13-32-14-12-29)27-24(28-23)34-17(2)3/h5-8,16-17H,4,9-15H2,1-3H3,(H,25,31). The van der Waals surface area contributed by atoms with Crippen molar-refractivity contribution in [3.05, 3.63) is 36.0 Å². The highest BCUT2D eigenvalue weighted by Crippen LogP contribution is 2.29. The fourth-order valence-electron chi connectivity index (χ4n) is 3.78. The zero-order valence-corrected chi connectivity index (χ0v) is 20.8. The Hall–Kier alpha value is -2.85. The van der Waals surface area contributed by atoms with Gasteiger partial charge in [0.05, 0.1) is 44.4 Å². The summed E-state index contributed by atoms with van der Waals surface area (Å²) in [7, 11) is 0. The number of hydrogen-bond donors (Lipinski definition) is 1. The molecule has 4 rings (SSSR count). The number of anilines is 1. The Balaban J connectivity index is 1.42. The number of amides is 1. The van der Waals surface area contributed by atoms with Gasteiger partial charge in [-0.15, -0.1) is 0 Å². The van der Waals surface area contributed by atoms with Crippen LogP contribution < -0.4 is 15.0 Å². The number of fused-ring (bicyclic) bond motifs is 1. The third-order valence-electron chi connectivity index (χ3n) is 5.35. The minimum Gasteiger partial charge on any atom is -0.494 e. The van der Waals surface area contributed by atoms with Gasteiger partial charge in [-0.3, -0.25) is 4.79 Å². The van der Waals surface area contributed by atoms with Gasteiger partial charge in [-0.1, -0.05) is 37.7 Å². The van der Waals surface area contributed by atoms with Crippen molar-refractivity contribution in [3.63, 3.8) is 0 Å². The SMILES string of the molecule is CCOc1ccc(CC(=O)NCCn2ncc3c(N4CCOCC4)nc(SC(C)C)nc32)cc1. The Bertz CT molecular complexity index is 1100. The van der Waals surface area contributed by atoms with E-state index in [0.29, 0.717) is 44.6 Å². The zero-order valence-electron chi connectivity index (χ0n) is 20.0. The topological polar surface area (TPSA) is 94.4 Å². The molecule has 1 amide bonds. The predicted octanol–water partition coefficient (Wildman–Crippen LogP) is 2.92. The summed E-state index contributed by atoms with van der Waals surface area (Å²) < 4.78 is 12.8. The van der Waals surface area contributed by atoms with Gasteiger partial charge in [0, 0.05) is 24.9 Å². The first kappa shape index (κ1) is 24.3. The summed E-state index contributed by atoms with van der Waals surface area (Å²) in [6, 6.07) is 7.62. The van der Waals surface area contributed by atoms with Crippen LogP contribution in [0.2, 0.25) is 0 Å². The molecule has 1 N–H and O–H groups in total. The Morgan fingerprint density at radius 3 is 2.68 bits per heavy atom. The molecule has 0 saturated carbocycles. The average molecular weight is 485 g/mol. The molecule has 10 heteroatoms. The molecule has 1 aliphatic rings. The third kappa shape index (κ3) is 6.18. The van der Waals surface area contributed by atoms with E-state index in [-0.39, 0.29) is 5.91 Å². The first-order valence-corrected chi connectivity index (χ1v) is 12.6. The van der Waals surface area contributed by atoms with Gasteiger partial charge in [-0.25, -0.2) is 14.6 Å². The summed E-state index contributed by atoms with van der Waals surface area (Å²) >= 11 is 1.64. The van der Waals surface area contributed by atoms with Crippen LogP contribution in [0.15, 0.2) is 35.6 Å². The van der Waals surface area contributed by atoms with Crippen molar-refractivity contribution in [1.82, 2.24) is 25.1 Å². The minimum absolute atomic E-state index is 0.0275. The lowest BCUT2D eigenvalue weighted by atomic mass is 10.1. The maximum atomic E-state index is 12.4. The van der Waals surface area contributed by atoms with Gasteiger partial charge < -0.3 is 19.7 Å². The Morgan fingerprint density at radius 2 is 1.97 bits per heavy atom. The minimum atomic E-state index is -0.0275. The van der Waals surface area contributed by atoms with Crippen LogP contribution in [0.5, 0.6) is 5.75 Å².